The highest BCUT2D eigenvalue weighted by molar-refractivity contribution is 7.89. The first-order chi connectivity index (χ1) is 9.33. The molecule has 1 amide bonds. The van der Waals surface area contributed by atoms with Crippen molar-refractivity contribution < 1.29 is 13.2 Å². The van der Waals surface area contributed by atoms with Crippen molar-refractivity contribution in [3.05, 3.63) is 0 Å². The third-order valence-corrected chi connectivity index (χ3v) is 5.70. The maximum absolute atomic E-state index is 11.8. The molecule has 1 aliphatic carbocycles. The number of carbonyl (C=O) groups excluding carboxylic acids is 1. The normalized spacial score (nSPS) is 18.1. The molecule has 0 aromatic carbocycles. The van der Waals surface area contributed by atoms with Crippen LogP contribution in [0.25, 0.3) is 0 Å². The molecule has 0 radical (unpaired) electrons. The zero-order valence-corrected chi connectivity index (χ0v) is 14.5. The lowest BCUT2D eigenvalue weighted by atomic mass is 9.85. The van der Waals surface area contributed by atoms with E-state index in [2.05, 4.69) is 5.32 Å². The molecule has 1 aliphatic rings. The van der Waals surface area contributed by atoms with E-state index in [9.17, 15) is 13.2 Å². The Labute approximate surface area is 134 Å². The highest BCUT2D eigenvalue weighted by Crippen LogP contribution is 2.26. The van der Waals surface area contributed by atoms with Crippen LogP contribution in [0, 0.1) is 5.92 Å². The molecule has 1 atom stereocenters. The number of nitrogens with two attached hydrogens (primary N) is 1. The predicted octanol–water partition coefficient (Wildman–Crippen LogP) is 0.714. The van der Waals surface area contributed by atoms with Crippen LogP contribution in [0.3, 0.4) is 0 Å². The molecule has 1 rings (SSSR count). The van der Waals surface area contributed by atoms with Gasteiger partial charge in [-0.1, -0.05) is 32.1 Å². The summed E-state index contributed by atoms with van der Waals surface area (Å²) in [7, 11) is -0.313. The summed E-state index contributed by atoms with van der Waals surface area (Å²) >= 11 is 0. The summed E-state index contributed by atoms with van der Waals surface area (Å²) in [6.07, 6.45) is 6.72. The molecular weight excluding hydrogens is 314 g/mol. The Morgan fingerprint density at radius 1 is 1.29 bits per heavy atom. The van der Waals surface area contributed by atoms with E-state index in [1.807, 2.05) is 0 Å². The van der Waals surface area contributed by atoms with Gasteiger partial charge in [0, 0.05) is 20.6 Å². The molecule has 1 fully saturated rings. The van der Waals surface area contributed by atoms with Crippen molar-refractivity contribution >= 4 is 28.3 Å². The van der Waals surface area contributed by atoms with Crippen LogP contribution in [-0.4, -0.2) is 51.1 Å². The van der Waals surface area contributed by atoms with E-state index in [1.165, 1.54) is 33.4 Å². The van der Waals surface area contributed by atoms with Crippen molar-refractivity contribution in [3.8, 4) is 0 Å². The van der Waals surface area contributed by atoms with Gasteiger partial charge in [0.25, 0.3) is 0 Å². The summed E-state index contributed by atoms with van der Waals surface area (Å²) in [6, 6.07) is -0.528. The van der Waals surface area contributed by atoms with E-state index in [1.54, 1.807) is 0 Å². The lowest BCUT2D eigenvalue weighted by Crippen LogP contribution is -2.44. The first-order valence-corrected chi connectivity index (χ1v) is 8.87. The molecule has 0 spiro atoms. The predicted molar refractivity (Wildman–Crippen MR) is 86.9 cm³/mol. The SMILES string of the molecule is CN(C)S(=O)(=O)CCNC(=O)[C@@H](N)CC1CCCCC1.Cl. The molecular formula is C13H28ClN3O3S. The first kappa shape index (κ1) is 20.6. The van der Waals surface area contributed by atoms with Gasteiger partial charge >= 0.3 is 0 Å². The van der Waals surface area contributed by atoms with Crippen LogP contribution in [0.4, 0.5) is 0 Å². The number of nitrogens with one attached hydrogen (secondary N) is 1. The lowest BCUT2D eigenvalue weighted by Gasteiger charge is -2.24. The number of amides is 1. The van der Waals surface area contributed by atoms with E-state index in [-0.39, 0.29) is 30.6 Å². The summed E-state index contributed by atoms with van der Waals surface area (Å²) in [6.45, 7) is 0.109. The van der Waals surface area contributed by atoms with Crippen molar-refractivity contribution in [1.29, 1.82) is 0 Å². The molecule has 0 aromatic heterocycles. The number of sulfonamides is 1. The highest BCUT2D eigenvalue weighted by atomic mass is 35.5. The molecule has 21 heavy (non-hydrogen) atoms. The zero-order valence-electron chi connectivity index (χ0n) is 12.9. The Morgan fingerprint density at radius 2 is 1.86 bits per heavy atom. The van der Waals surface area contributed by atoms with Crippen LogP contribution in [0.5, 0.6) is 0 Å². The monoisotopic (exact) mass is 341 g/mol. The minimum Gasteiger partial charge on any atom is -0.354 e. The summed E-state index contributed by atoms with van der Waals surface area (Å²) in [5.41, 5.74) is 5.89. The Balaban J connectivity index is 0.00000400. The van der Waals surface area contributed by atoms with Crippen LogP contribution in [-0.2, 0) is 14.8 Å². The van der Waals surface area contributed by atoms with Crippen molar-refractivity contribution in [2.75, 3.05) is 26.4 Å². The maximum atomic E-state index is 11.8. The van der Waals surface area contributed by atoms with E-state index in [0.717, 1.165) is 17.1 Å². The molecule has 1 saturated carbocycles. The molecule has 0 unspecified atom stereocenters. The third-order valence-electron chi connectivity index (χ3n) is 3.86. The topological polar surface area (TPSA) is 92.5 Å². The molecule has 8 heteroatoms. The standard InChI is InChI=1S/C13H27N3O3S.ClH/c1-16(2)20(18,19)9-8-15-13(17)12(14)10-11-6-4-3-5-7-11;/h11-12H,3-10,14H2,1-2H3,(H,15,17);1H/t12-;/m0./s1. The van der Waals surface area contributed by atoms with E-state index >= 15 is 0 Å². The van der Waals surface area contributed by atoms with Crippen LogP contribution in [0.1, 0.15) is 38.5 Å². The van der Waals surface area contributed by atoms with E-state index < -0.39 is 16.1 Å². The maximum Gasteiger partial charge on any atom is 0.236 e. The van der Waals surface area contributed by atoms with Crippen molar-refractivity contribution in [3.63, 3.8) is 0 Å². The van der Waals surface area contributed by atoms with Crippen LogP contribution >= 0.6 is 12.4 Å². The van der Waals surface area contributed by atoms with E-state index in [4.69, 9.17) is 5.73 Å². The molecule has 0 heterocycles. The first-order valence-electron chi connectivity index (χ1n) is 7.26. The highest BCUT2D eigenvalue weighted by Gasteiger charge is 2.21. The van der Waals surface area contributed by atoms with Crippen molar-refractivity contribution in [2.24, 2.45) is 11.7 Å². The molecule has 126 valence electrons. The molecule has 0 bridgehead atoms. The van der Waals surface area contributed by atoms with Gasteiger partial charge in [-0.2, -0.15) is 0 Å². The summed E-state index contributed by atoms with van der Waals surface area (Å²) < 4.78 is 24.2. The molecule has 0 aromatic rings. The lowest BCUT2D eigenvalue weighted by molar-refractivity contribution is -0.122. The number of hydrogen-bond acceptors (Lipinski definition) is 4. The second-order valence-corrected chi connectivity index (χ2v) is 8.04. The van der Waals surface area contributed by atoms with Gasteiger partial charge in [-0.15, -0.1) is 12.4 Å². The Morgan fingerprint density at radius 3 is 2.38 bits per heavy atom. The van der Waals surface area contributed by atoms with Crippen LogP contribution in [0.15, 0.2) is 0 Å². The van der Waals surface area contributed by atoms with Gasteiger partial charge in [0.1, 0.15) is 0 Å². The van der Waals surface area contributed by atoms with Crippen molar-refractivity contribution in [1.82, 2.24) is 9.62 Å². The Hall–Kier alpha value is -0.370. The Kier molecular flexibility index (Phi) is 9.44. The van der Waals surface area contributed by atoms with Gasteiger partial charge in [-0.3, -0.25) is 4.79 Å². The van der Waals surface area contributed by atoms with Gasteiger partial charge in [0.15, 0.2) is 0 Å². The van der Waals surface area contributed by atoms with Gasteiger partial charge < -0.3 is 11.1 Å². The number of halogens is 1. The minimum atomic E-state index is -3.27. The quantitative estimate of drug-likeness (QED) is 0.713. The second kappa shape index (κ2) is 9.61. The number of rotatable bonds is 7. The number of carbonyl (C=O) groups is 1. The summed E-state index contributed by atoms with van der Waals surface area (Å²) in [4.78, 5) is 11.8. The van der Waals surface area contributed by atoms with Crippen molar-refractivity contribution in [2.45, 2.75) is 44.6 Å². The fraction of sp³-hybridized carbons (Fsp3) is 0.923. The number of nitrogens with zero attached hydrogens (tertiary/aromatic N) is 1. The third kappa shape index (κ3) is 7.44. The van der Waals surface area contributed by atoms with E-state index in [0.29, 0.717) is 12.3 Å². The fourth-order valence-corrected chi connectivity index (χ4v) is 3.23. The van der Waals surface area contributed by atoms with Gasteiger partial charge in [0.2, 0.25) is 15.9 Å². The van der Waals surface area contributed by atoms with Crippen LogP contribution < -0.4 is 11.1 Å². The van der Waals surface area contributed by atoms with Gasteiger partial charge in [0.05, 0.1) is 11.8 Å². The molecule has 0 aliphatic heterocycles. The average Bonchev–Trinajstić information content (AvgIpc) is 2.39. The van der Waals surface area contributed by atoms with Crippen LogP contribution in [0.2, 0.25) is 0 Å². The molecule has 3 N–H and O–H groups in total. The smallest absolute Gasteiger partial charge is 0.236 e. The molecule has 6 nitrogen and oxygen atoms in total. The fourth-order valence-electron chi connectivity index (χ4n) is 2.51. The molecule has 0 saturated heterocycles. The summed E-state index contributed by atoms with van der Waals surface area (Å²) in [5, 5.41) is 2.61. The minimum absolute atomic E-state index is 0. The Bertz CT molecular complexity index is 409. The van der Waals surface area contributed by atoms with Gasteiger partial charge in [-0.25, -0.2) is 12.7 Å². The number of hydrogen-bond donors (Lipinski definition) is 2. The average molecular weight is 342 g/mol. The summed E-state index contributed by atoms with van der Waals surface area (Å²) in [5.74, 6) is 0.196. The second-order valence-electron chi connectivity index (χ2n) is 5.74. The zero-order chi connectivity index (χ0) is 15.2. The van der Waals surface area contributed by atoms with Gasteiger partial charge in [-0.05, 0) is 12.3 Å². The largest absolute Gasteiger partial charge is 0.354 e.